The number of ether oxygens (including phenoxy) is 1. The molecule has 2 aromatic carbocycles. The van der Waals surface area contributed by atoms with Crippen LogP contribution in [-0.4, -0.2) is 27.8 Å². The van der Waals surface area contributed by atoms with E-state index in [4.69, 9.17) is 4.74 Å². The summed E-state index contributed by atoms with van der Waals surface area (Å²) in [5.41, 5.74) is -1.11. The number of hydrogen-bond acceptors (Lipinski definition) is 4. The number of methoxy groups -OCH3 is 1. The lowest BCUT2D eigenvalue weighted by molar-refractivity contribution is -0.137. The Hall–Kier alpha value is -3.36. The van der Waals surface area contributed by atoms with Crippen molar-refractivity contribution in [3.8, 4) is 11.4 Å². The van der Waals surface area contributed by atoms with Crippen molar-refractivity contribution in [2.75, 3.05) is 12.4 Å². The summed E-state index contributed by atoms with van der Waals surface area (Å²) in [5, 5.41) is 6.36. The van der Waals surface area contributed by atoms with Crippen LogP contribution in [-0.2, 0) is 17.4 Å². The van der Waals surface area contributed by atoms with Crippen molar-refractivity contribution in [3.05, 3.63) is 66.2 Å². The average molecular weight is 418 g/mol. The minimum Gasteiger partial charge on any atom is -0.496 e. The van der Waals surface area contributed by atoms with Gasteiger partial charge in [-0.1, -0.05) is 32.0 Å². The summed E-state index contributed by atoms with van der Waals surface area (Å²) < 4.78 is 47.1. The highest BCUT2D eigenvalue weighted by Crippen LogP contribution is 2.36. The number of carbonyl (C=O) groups excluding carboxylic acids is 1. The summed E-state index contributed by atoms with van der Waals surface area (Å²) in [4.78, 5) is 16.5. The number of alkyl halides is 3. The fourth-order valence-electron chi connectivity index (χ4n) is 3.08. The first-order valence-electron chi connectivity index (χ1n) is 9.11. The number of para-hydroxylation sites is 1. The molecular weight excluding hydrogens is 397 g/mol. The fourth-order valence-corrected chi connectivity index (χ4v) is 3.08. The Labute approximate surface area is 171 Å². The number of benzene rings is 2. The number of carbonyl (C=O) groups is 1. The number of aromatic nitrogens is 3. The van der Waals surface area contributed by atoms with Crippen molar-refractivity contribution >= 4 is 11.6 Å². The minimum absolute atomic E-state index is 0.0456. The van der Waals surface area contributed by atoms with Gasteiger partial charge in [-0.05, 0) is 36.2 Å². The Morgan fingerprint density at radius 1 is 1.17 bits per heavy atom. The number of nitrogens with one attached hydrogen (secondary N) is 1. The summed E-state index contributed by atoms with van der Waals surface area (Å²) in [6, 6.07) is 10.9. The molecule has 0 bridgehead atoms. The van der Waals surface area contributed by atoms with Crippen molar-refractivity contribution in [1.82, 2.24) is 14.8 Å². The summed E-state index contributed by atoms with van der Waals surface area (Å²) in [6.45, 7) is 3.45. The van der Waals surface area contributed by atoms with Crippen LogP contribution in [0, 0.1) is 5.41 Å². The molecule has 0 saturated carbocycles. The third kappa shape index (κ3) is 4.61. The molecule has 0 spiro atoms. The SMILES string of the molecule is COc1ccccc1CC(C)(C)C(=O)Nc1ccc(-n2cncn2)c(C(F)(F)F)c1. The van der Waals surface area contributed by atoms with Crippen molar-refractivity contribution in [2.45, 2.75) is 26.4 Å². The van der Waals surface area contributed by atoms with Gasteiger partial charge in [-0.3, -0.25) is 4.79 Å². The van der Waals surface area contributed by atoms with Gasteiger partial charge in [0.1, 0.15) is 18.4 Å². The maximum Gasteiger partial charge on any atom is 0.418 e. The zero-order valence-electron chi connectivity index (χ0n) is 16.7. The zero-order chi connectivity index (χ0) is 21.9. The highest BCUT2D eigenvalue weighted by Gasteiger charge is 2.35. The van der Waals surface area contributed by atoms with Crippen LogP contribution in [0.4, 0.5) is 18.9 Å². The van der Waals surface area contributed by atoms with E-state index in [0.717, 1.165) is 22.6 Å². The first kappa shape index (κ1) is 21.4. The van der Waals surface area contributed by atoms with Gasteiger partial charge >= 0.3 is 6.18 Å². The predicted molar refractivity (Wildman–Crippen MR) is 105 cm³/mol. The van der Waals surface area contributed by atoms with E-state index in [1.54, 1.807) is 27.0 Å². The molecule has 1 amide bonds. The molecule has 0 aliphatic rings. The van der Waals surface area contributed by atoms with E-state index >= 15 is 0 Å². The average Bonchev–Trinajstić information content (AvgIpc) is 3.22. The second-order valence-electron chi connectivity index (χ2n) is 7.40. The van der Waals surface area contributed by atoms with Crippen LogP contribution < -0.4 is 10.1 Å². The van der Waals surface area contributed by atoms with E-state index < -0.39 is 23.1 Å². The van der Waals surface area contributed by atoms with Crippen molar-refractivity contribution < 1.29 is 22.7 Å². The van der Waals surface area contributed by atoms with Crippen molar-refractivity contribution in [1.29, 1.82) is 0 Å². The van der Waals surface area contributed by atoms with Gasteiger partial charge in [0.15, 0.2) is 0 Å². The van der Waals surface area contributed by atoms with Gasteiger partial charge in [0.05, 0.1) is 18.4 Å². The first-order chi connectivity index (χ1) is 14.1. The van der Waals surface area contributed by atoms with Crippen molar-refractivity contribution in [2.24, 2.45) is 5.41 Å². The molecule has 0 unspecified atom stereocenters. The largest absolute Gasteiger partial charge is 0.496 e. The molecule has 0 radical (unpaired) electrons. The maximum absolute atomic E-state index is 13.6. The normalized spacial score (nSPS) is 11.9. The monoisotopic (exact) mass is 418 g/mol. The number of anilines is 1. The van der Waals surface area contributed by atoms with Crippen LogP contribution in [0.1, 0.15) is 25.0 Å². The highest BCUT2D eigenvalue weighted by atomic mass is 19.4. The quantitative estimate of drug-likeness (QED) is 0.640. The van der Waals surface area contributed by atoms with Gasteiger partial charge in [-0.2, -0.15) is 18.3 Å². The molecule has 1 N–H and O–H groups in total. The van der Waals surface area contributed by atoms with Gasteiger partial charge in [0, 0.05) is 11.1 Å². The molecule has 9 heteroatoms. The van der Waals surface area contributed by atoms with E-state index in [1.165, 1.54) is 18.5 Å². The lowest BCUT2D eigenvalue weighted by atomic mass is 9.84. The van der Waals surface area contributed by atoms with E-state index in [9.17, 15) is 18.0 Å². The van der Waals surface area contributed by atoms with E-state index in [0.29, 0.717) is 12.2 Å². The van der Waals surface area contributed by atoms with Crippen LogP contribution in [0.3, 0.4) is 0 Å². The molecule has 3 aromatic rings. The summed E-state index contributed by atoms with van der Waals surface area (Å²) >= 11 is 0. The molecule has 3 rings (SSSR count). The molecule has 0 atom stereocenters. The van der Waals surface area contributed by atoms with Gasteiger partial charge in [-0.25, -0.2) is 9.67 Å². The minimum atomic E-state index is -4.63. The Bertz CT molecular complexity index is 1030. The summed E-state index contributed by atoms with van der Waals surface area (Å²) in [7, 11) is 1.54. The maximum atomic E-state index is 13.6. The molecule has 6 nitrogen and oxygen atoms in total. The van der Waals surface area contributed by atoms with Crippen molar-refractivity contribution in [3.63, 3.8) is 0 Å². The Balaban J connectivity index is 1.85. The smallest absolute Gasteiger partial charge is 0.418 e. The number of nitrogens with zero attached hydrogens (tertiary/aromatic N) is 3. The molecule has 0 saturated heterocycles. The van der Waals surface area contributed by atoms with Gasteiger partial charge in [-0.15, -0.1) is 0 Å². The molecule has 0 fully saturated rings. The molecule has 0 aliphatic heterocycles. The molecule has 1 aromatic heterocycles. The summed E-state index contributed by atoms with van der Waals surface area (Å²) in [6.07, 6.45) is -1.95. The van der Waals surface area contributed by atoms with Crippen LogP contribution >= 0.6 is 0 Å². The topological polar surface area (TPSA) is 69.0 Å². The molecule has 158 valence electrons. The fraction of sp³-hybridized carbons (Fsp3) is 0.286. The first-order valence-corrected chi connectivity index (χ1v) is 9.11. The predicted octanol–water partition coefficient (Wildman–Crippen LogP) is 4.50. The van der Waals surface area contributed by atoms with Crippen LogP contribution in [0.5, 0.6) is 5.75 Å². The van der Waals surface area contributed by atoms with Crippen LogP contribution in [0.25, 0.3) is 5.69 Å². The third-order valence-corrected chi connectivity index (χ3v) is 4.66. The van der Waals surface area contributed by atoms with Crippen LogP contribution in [0.15, 0.2) is 55.1 Å². The Morgan fingerprint density at radius 3 is 2.53 bits per heavy atom. The number of halogens is 3. The van der Waals surface area contributed by atoms with E-state index in [-0.39, 0.29) is 11.4 Å². The van der Waals surface area contributed by atoms with E-state index in [2.05, 4.69) is 15.4 Å². The number of hydrogen-bond donors (Lipinski definition) is 1. The van der Waals surface area contributed by atoms with Gasteiger partial charge < -0.3 is 10.1 Å². The standard InChI is InChI=1S/C21H21F3N4O2/c1-20(2,11-14-6-4-5-7-18(14)30-3)19(29)27-15-8-9-17(28-13-25-12-26-28)16(10-15)21(22,23)24/h4-10,12-13H,11H2,1-3H3,(H,27,29). The van der Waals surface area contributed by atoms with Crippen LogP contribution in [0.2, 0.25) is 0 Å². The summed E-state index contributed by atoms with van der Waals surface area (Å²) in [5.74, 6) is 0.241. The zero-order valence-corrected chi connectivity index (χ0v) is 16.7. The molecule has 0 aliphatic carbocycles. The van der Waals surface area contributed by atoms with E-state index in [1.807, 2.05) is 18.2 Å². The second kappa shape index (κ2) is 8.17. The lowest BCUT2D eigenvalue weighted by Crippen LogP contribution is -2.33. The second-order valence-corrected chi connectivity index (χ2v) is 7.40. The molecule has 1 heterocycles. The van der Waals surface area contributed by atoms with Gasteiger partial charge in [0.25, 0.3) is 0 Å². The highest BCUT2D eigenvalue weighted by molar-refractivity contribution is 5.95. The molecule has 30 heavy (non-hydrogen) atoms. The molecular formula is C21H21F3N4O2. The van der Waals surface area contributed by atoms with Gasteiger partial charge in [0.2, 0.25) is 5.91 Å². The Kier molecular flexibility index (Phi) is 5.82. The number of amides is 1. The number of rotatable bonds is 6. The Morgan fingerprint density at radius 2 is 1.90 bits per heavy atom. The third-order valence-electron chi connectivity index (χ3n) is 4.66. The lowest BCUT2D eigenvalue weighted by Gasteiger charge is -2.25.